The van der Waals surface area contributed by atoms with Crippen LogP contribution in [0, 0.1) is 12.7 Å². The van der Waals surface area contributed by atoms with Gasteiger partial charge in [0.2, 0.25) is 0 Å². The van der Waals surface area contributed by atoms with Gasteiger partial charge in [0.25, 0.3) is 0 Å². The van der Waals surface area contributed by atoms with Crippen molar-refractivity contribution in [2.75, 3.05) is 11.4 Å². The van der Waals surface area contributed by atoms with Crippen molar-refractivity contribution in [3.63, 3.8) is 0 Å². The van der Waals surface area contributed by atoms with Crippen LogP contribution in [0.25, 0.3) is 0 Å². The van der Waals surface area contributed by atoms with Crippen LogP contribution in [-0.4, -0.2) is 22.6 Å². The lowest BCUT2D eigenvalue weighted by atomic mass is 10.2. The minimum Gasteiger partial charge on any atom is -0.409 e. The molecule has 0 aliphatic carbocycles. The molecule has 1 aromatic carbocycles. The van der Waals surface area contributed by atoms with Crippen molar-refractivity contribution in [1.82, 2.24) is 4.98 Å². The molecule has 0 fully saturated rings. The molecule has 0 aliphatic heterocycles. The Balaban J connectivity index is 2.47. The molecule has 5 nitrogen and oxygen atoms in total. The molecule has 0 radical (unpaired) electrons. The van der Waals surface area contributed by atoms with E-state index in [1.165, 1.54) is 12.1 Å². The summed E-state index contributed by atoms with van der Waals surface area (Å²) < 4.78 is 13.0. The van der Waals surface area contributed by atoms with Crippen molar-refractivity contribution in [1.29, 1.82) is 0 Å². The molecule has 2 aromatic rings. The van der Waals surface area contributed by atoms with Gasteiger partial charge in [0.05, 0.1) is 0 Å². The Kier molecular flexibility index (Phi) is 4.37. The van der Waals surface area contributed by atoms with Gasteiger partial charge in [-0.25, -0.2) is 9.37 Å². The van der Waals surface area contributed by atoms with Crippen LogP contribution in [0.4, 0.5) is 15.9 Å². The number of aryl methyl sites for hydroxylation is 1. The Hall–Kier alpha value is -2.63. The predicted octanol–water partition coefficient (Wildman–Crippen LogP) is 2.78. The van der Waals surface area contributed by atoms with Gasteiger partial charge in [0.1, 0.15) is 11.6 Å². The van der Waals surface area contributed by atoms with Crippen LogP contribution < -0.4 is 10.6 Å². The highest BCUT2D eigenvalue weighted by molar-refractivity contribution is 5.97. The van der Waals surface area contributed by atoms with Gasteiger partial charge in [0.15, 0.2) is 5.84 Å². The molecule has 6 heteroatoms. The summed E-state index contributed by atoms with van der Waals surface area (Å²) in [6.45, 7) is 4.45. The van der Waals surface area contributed by atoms with Crippen LogP contribution in [0.3, 0.4) is 0 Å². The molecule has 0 saturated heterocycles. The van der Waals surface area contributed by atoms with Crippen molar-refractivity contribution in [3.05, 3.63) is 53.5 Å². The Bertz CT molecular complexity index is 655. The summed E-state index contributed by atoms with van der Waals surface area (Å²) in [6.07, 6.45) is 0. The smallest absolute Gasteiger partial charge is 0.170 e. The van der Waals surface area contributed by atoms with E-state index < -0.39 is 0 Å². The third-order valence-electron chi connectivity index (χ3n) is 3.07. The van der Waals surface area contributed by atoms with Crippen molar-refractivity contribution in [2.24, 2.45) is 10.9 Å². The molecule has 2 rings (SSSR count). The zero-order valence-corrected chi connectivity index (χ0v) is 11.9. The van der Waals surface area contributed by atoms with Crippen molar-refractivity contribution >= 4 is 17.3 Å². The van der Waals surface area contributed by atoms with Gasteiger partial charge in [-0.1, -0.05) is 5.16 Å². The summed E-state index contributed by atoms with van der Waals surface area (Å²) in [6, 6.07) is 9.64. The second-order valence-electron chi connectivity index (χ2n) is 4.56. The fourth-order valence-corrected chi connectivity index (χ4v) is 2.09. The molecule has 0 atom stereocenters. The van der Waals surface area contributed by atoms with Gasteiger partial charge in [0, 0.05) is 23.5 Å². The normalized spacial score (nSPS) is 11.5. The fourth-order valence-electron chi connectivity index (χ4n) is 2.09. The van der Waals surface area contributed by atoms with Gasteiger partial charge < -0.3 is 15.8 Å². The summed E-state index contributed by atoms with van der Waals surface area (Å²) in [5, 5.41) is 11.8. The van der Waals surface area contributed by atoms with Crippen LogP contribution in [0.5, 0.6) is 0 Å². The molecule has 0 aliphatic rings. The Morgan fingerprint density at radius 1 is 1.33 bits per heavy atom. The minimum absolute atomic E-state index is 0.0249. The lowest BCUT2D eigenvalue weighted by Crippen LogP contribution is -2.20. The van der Waals surface area contributed by atoms with Gasteiger partial charge in [-0.15, -0.1) is 0 Å². The molecular weight excluding hydrogens is 271 g/mol. The Morgan fingerprint density at radius 2 is 2.00 bits per heavy atom. The molecule has 21 heavy (non-hydrogen) atoms. The zero-order chi connectivity index (χ0) is 15.4. The minimum atomic E-state index is -0.288. The first-order chi connectivity index (χ1) is 10.0. The Morgan fingerprint density at radius 3 is 2.57 bits per heavy atom. The van der Waals surface area contributed by atoms with Crippen LogP contribution in [-0.2, 0) is 0 Å². The van der Waals surface area contributed by atoms with E-state index in [0.717, 1.165) is 11.4 Å². The van der Waals surface area contributed by atoms with E-state index in [1.807, 2.05) is 18.7 Å². The molecule has 3 N–H and O–H groups in total. The van der Waals surface area contributed by atoms with E-state index in [9.17, 15) is 4.39 Å². The van der Waals surface area contributed by atoms with E-state index in [1.54, 1.807) is 24.3 Å². The first-order valence-electron chi connectivity index (χ1n) is 6.55. The topological polar surface area (TPSA) is 74.7 Å². The number of nitrogens with zero attached hydrogens (tertiary/aromatic N) is 3. The summed E-state index contributed by atoms with van der Waals surface area (Å²) in [4.78, 5) is 6.38. The van der Waals surface area contributed by atoms with E-state index in [2.05, 4.69) is 10.1 Å². The largest absolute Gasteiger partial charge is 0.409 e. The number of oxime groups is 1. The first kappa shape index (κ1) is 14.8. The second kappa shape index (κ2) is 6.21. The number of rotatable bonds is 4. The monoisotopic (exact) mass is 288 g/mol. The number of nitrogens with two attached hydrogens (primary N) is 1. The molecule has 0 spiro atoms. The van der Waals surface area contributed by atoms with Gasteiger partial charge in [-0.2, -0.15) is 0 Å². The van der Waals surface area contributed by atoms with Crippen molar-refractivity contribution in [2.45, 2.75) is 13.8 Å². The maximum Gasteiger partial charge on any atom is 0.170 e. The molecular formula is C15H17FN4O. The highest BCUT2D eigenvalue weighted by Crippen LogP contribution is 2.24. The van der Waals surface area contributed by atoms with E-state index in [-0.39, 0.29) is 11.7 Å². The second-order valence-corrected chi connectivity index (χ2v) is 4.56. The lowest BCUT2D eigenvalue weighted by molar-refractivity contribution is 0.318. The van der Waals surface area contributed by atoms with Gasteiger partial charge in [-0.05, 0) is 50.2 Å². The number of hydrogen-bond donors (Lipinski definition) is 2. The van der Waals surface area contributed by atoms with Crippen LogP contribution >= 0.6 is 0 Å². The highest BCUT2D eigenvalue weighted by atomic mass is 19.1. The molecule has 0 bridgehead atoms. The average Bonchev–Trinajstić information content (AvgIpc) is 2.48. The zero-order valence-electron chi connectivity index (χ0n) is 11.9. The standard InChI is InChI=1S/C15H17FN4O/c1-3-20(13-6-4-12(16)5-7-13)14-9-11(15(17)19-21)8-10(2)18-14/h4-9,21H,3H2,1-2H3,(H2,17,19). The maximum absolute atomic E-state index is 13.0. The maximum atomic E-state index is 13.0. The molecule has 0 saturated carbocycles. The predicted molar refractivity (Wildman–Crippen MR) is 80.6 cm³/mol. The molecule has 1 aromatic heterocycles. The van der Waals surface area contributed by atoms with Gasteiger partial charge in [-0.3, -0.25) is 0 Å². The SMILES string of the molecule is CCN(c1ccc(F)cc1)c1cc(/C(N)=N/O)cc(C)n1. The Labute approximate surface area is 122 Å². The molecule has 110 valence electrons. The highest BCUT2D eigenvalue weighted by Gasteiger charge is 2.12. The molecule has 0 unspecified atom stereocenters. The number of hydrogen-bond acceptors (Lipinski definition) is 4. The number of pyridine rings is 1. The number of benzene rings is 1. The number of aromatic nitrogens is 1. The van der Waals surface area contributed by atoms with Gasteiger partial charge >= 0.3 is 0 Å². The van der Waals surface area contributed by atoms with E-state index in [0.29, 0.717) is 17.9 Å². The number of anilines is 2. The third-order valence-corrected chi connectivity index (χ3v) is 3.07. The summed E-state index contributed by atoms with van der Waals surface area (Å²) in [5.74, 6) is 0.395. The molecule has 1 heterocycles. The van der Waals surface area contributed by atoms with Crippen molar-refractivity contribution in [3.8, 4) is 0 Å². The fraction of sp³-hybridized carbons (Fsp3) is 0.200. The van der Waals surface area contributed by atoms with E-state index >= 15 is 0 Å². The third kappa shape index (κ3) is 3.28. The average molecular weight is 288 g/mol. The summed E-state index contributed by atoms with van der Waals surface area (Å²) in [7, 11) is 0. The van der Waals surface area contributed by atoms with Crippen LogP contribution in [0.1, 0.15) is 18.2 Å². The van der Waals surface area contributed by atoms with Crippen LogP contribution in [0.15, 0.2) is 41.6 Å². The van der Waals surface area contributed by atoms with Crippen molar-refractivity contribution < 1.29 is 9.60 Å². The lowest BCUT2D eigenvalue weighted by Gasteiger charge is -2.23. The summed E-state index contributed by atoms with van der Waals surface area (Å²) in [5.41, 5.74) is 7.79. The van der Waals surface area contributed by atoms with Crippen LogP contribution in [0.2, 0.25) is 0 Å². The number of halogens is 1. The molecule has 0 amide bonds. The first-order valence-corrected chi connectivity index (χ1v) is 6.55. The van der Waals surface area contributed by atoms with E-state index in [4.69, 9.17) is 10.9 Å². The summed E-state index contributed by atoms with van der Waals surface area (Å²) >= 11 is 0. The quantitative estimate of drug-likeness (QED) is 0.392. The number of amidine groups is 1.